The zero-order valence-corrected chi connectivity index (χ0v) is 22.1. The Hall–Kier alpha value is -1.38. The highest BCUT2D eigenvalue weighted by Crippen LogP contribution is 2.40. The van der Waals surface area contributed by atoms with Crippen molar-refractivity contribution in [3.05, 3.63) is 18.3 Å². The van der Waals surface area contributed by atoms with E-state index in [2.05, 4.69) is 16.9 Å². The van der Waals surface area contributed by atoms with Gasteiger partial charge in [-0.3, -0.25) is 9.59 Å². The van der Waals surface area contributed by atoms with Crippen LogP contribution in [-0.4, -0.2) is 40.4 Å². The fourth-order valence-electron chi connectivity index (χ4n) is 5.40. The van der Waals surface area contributed by atoms with E-state index >= 15 is 0 Å². The van der Waals surface area contributed by atoms with E-state index in [9.17, 15) is 9.59 Å². The first-order chi connectivity index (χ1) is 16.4. The lowest BCUT2D eigenvalue weighted by Gasteiger charge is -2.36. The maximum Gasteiger partial charge on any atom is 0.313 e. The van der Waals surface area contributed by atoms with Crippen molar-refractivity contribution in [2.24, 2.45) is 17.8 Å². The summed E-state index contributed by atoms with van der Waals surface area (Å²) in [6.45, 7) is 6.62. The molecule has 1 aromatic rings. The molecular formula is C26H40N2O4S2. The summed E-state index contributed by atoms with van der Waals surface area (Å²) in [6.07, 6.45) is 16.0. The average Bonchev–Trinajstić information content (AvgIpc) is 3.27. The fourth-order valence-corrected chi connectivity index (χ4v) is 7.01. The van der Waals surface area contributed by atoms with Crippen molar-refractivity contribution < 1.29 is 19.4 Å². The van der Waals surface area contributed by atoms with E-state index in [0.29, 0.717) is 36.1 Å². The molecule has 190 valence electrons. The largest absolute Gasteiger partial charge is 0.481 e. The average molecular weight is 509 g/mol. The van der Waals surface area contributed by atoms with E-state index in [0.717, 1.165) is 35.0 Å². The van der Waals surface area contributed by atoms with E-state index in [-0.39, 0.29) is 11.7 Å². The second kappa shape index (κ2) is 14.2. The molecule has 0 aliphatic heterocycles. The standard InChI is InChI=1S/C26H40N2O4S2/c1-18(2)16-32-22-11-8-20(9-12-22)21(14-19-6-4-3-5-7-19)10-13-23(29)28-26-27-15-25(34-26)33-17-24(30)31/h15,19-22H,1,3-14,16-17H2,2H3,(H,30,31)(H,27,28,29). The Morgan fingerprint density at radius 3 is 2.65 bits per heavy atom. The van der Waals surface area contributed by atoms with Gasteiger partial charge in [-0.1, -0.05) is 55.6 Å². The zero-order valence-electron chi connectivity index (χ0n) is 20.4. The van der Waals surface area contributed by atoms with Gasteiger partial charge in [0.25, 0.3) is 0 Å². The molecule has 6 nitrogen and oxygen atoms in total. The SMILES string of the molecule is C=C(C)COC1CCC(C(CCC(=O)Nc2ncc(SCC(=O)O)s2)CC2CCCCC2)CC1. The Kier molecular flexibility index (Phi) is 11.4. The number of hydrogen-bond donors (Lipinski definition) is 2. The van der Waals surface area contributed by atoms with Gasteiger partial charge in [0.05, 0.1) is 28.9 Å². The molecule has 0 saturated heterocycles. The van der Waals surface area contributed by atoms with Crippen molar-refractivity contribution >= 4 is 40.1 Å². The number of nitrogens with one attached hydrogen (secondary N) is 1. The van der Waals surface area contributed by atoms with Crippen molar-refractivity contribution in [3.8, 4) is 0 Å². The lowest BCUT2D eigenvalue weighted by Crippen LogP contribution is -2.28. The molecule has 8 heteroatoms. The number of anilines is 1. The number of carbonyl (C=O) groups is 2. The van der Waals surface area contributed by atoms with Crippen LogP contribution >= 0.6 is 23.1 Å². The highest BCUT2D eigenvalue weighted by molar-refractivity contribution is 8.01. The van der Waals surface area contributed by atoms with E-state index in [4.69, 9.17) is 9.84 Å². The molecule has 2 N–H and O–H groups in total. The van der Waals surface area contributed by atoms with E-state index in [1.165, 1.54) is 74.5 Å². The van der Waals surface area contributed by atoms with Crippen LogP contribution in [-0.2, 0) is 14.3 Å². The predicted octanol–water partition coefficient (Wildman–Crippen LogP) is 6.78. The smallest absolute Gasteiger partial charge is 0.313 e. The number of nitrogens with zero attached hydrogens (tertiary/aromatic N) is 1. The molecule has 1 aromatic heterocycles. The Balaban J connectivity index is 1.49. The second-order valence-corrected chi connectivity index (χ2v) is 12.4. The molecule has 0 radical (unpaired) electrons. The number of aromatic nitrogens is 1. The first-order valence-electron chi connectivity index (χ1n) is 12.7. The minimum atomic E-state index is -0.857. The molecule has 1 amide bonds. The zero-order chi connectivity index (χ0) is 24.3. The predicted molar refractivity (Wildman–Crippen MR) is 140 cm³/mol. The molecule has 0 bridgehead atoms. The normalized spacial score (nSPS) is 22.3. The molecule has 2 saturated carbocycles. The van der Waals surface area contributed by atoms with Crippen LogP contribution in [0.5, 0.6) is 0 Å². The van der Waals surface area contributed by atoms with Gasteiger partial charge in [0.2, 0.25) is 5.91 Å². The summed E-state index contributed by atoms with van der Waals surface area (Å²) in [5, 5.41) is 12.3. The molecule has 1 atom stereocenters. The van der Waals surface area contributed by atoms with Crippen LogP contribution in [0.3, 0.4) is 0 Å². The Bertz CT molecular complexity index is 798. The molecule has 2 aliphatic rings. The highest BCUT2D eigenvalue weighted by atomic mass is 32.2. The number of aliphatic carboxylic acids is 1. The number of amides is 1. The summed E-state index contributed by atoms with van der Waals surface area (Å²) >= 11 is 2.57. The van der Waals surface area contributed by atoms with Crippen LogP contribution < -0.4 is 5.32 Å². The minimum absolute atomic E-state index is 0.00108. The second-order valence-electron chi connectivity index (χ2n) is 10.1. The number of hydrogen-bond acceptors (Lipinski definition) is 6. The van der Waals surface area contributed by atoms with Crippen molar-refractivity contribution in [3.63, 3.8) is 0 Å². The van der Waals surface area contributed by atoms with E-state index in [1.807, 2.05) is 6.92 Å². The Morgan fingerprint density at radius 1 is 1.24 bits per heavy atom. The Labute approximate surface area is 212 Å². The molecule has 2 aliphatic carbocycles. The van der Waals surface area contributed by atoms with Gasteiger partial charge in [0.15, 0.2) is 5.13 Å². The van der Waals surface area contributed by atoms with Gasteiger partial charge in [-0.25, -0.2) is 4.98 Å². The summed E-state index contributed by atoms with van der Waals surface area (Å²) in [4.78, 5) is 27.7. The van der Waals surface area contributed by atoms with Crippen LogP contribution in [0.2, 0.25) is 0 Å². The number of rotatable bonds is 13. The number of thiazole rings is 1. The Morgan fingerprint density at radius 2 is 1.97 bits per heavy atom. The van der Waals surface area contributed by atoms with Gasteiger partial charge >= 0.3 is 5.97 Å². The third kappa shape index (κ3) is 9.70. The number of thioether (sulfide) groups is 1. The topological polar surface area (TPSA) is 88.5 Å². The third-order valence-electron chi connectivity index (χ3n) is 7.12. The van der Waals surface area contributed by atoms with Gasteiger partial charge in [-0.05, 0) is 63.2 Å². The van der Waals surface area contributed by atoms with Gasteiger partial charge in [-0.2, -0.15) is 0 Å². The molecule has 34 heavy (non-hydrogen) atoms. The van der Waals surface area contributed by atoms with Gasteiger partial charge in [0.1, 0.15) is 0 Å². The summed E-state index contributed by atoms with van der Waals surface area (Å²) < 4.78 is 6.82. The van der Waals surface area contributed by atoms with Gasteiger partial charge in [0, 0.05) is 6.42 Å². The molecule has 2 fully saturated rings. The van der Waals surface area contributed by atoms with E-state index < -0.39 is 5.97 Å². The third-order valence-corrected chi connectivity index (χ3v) is 9.21. The molecular weight excluding hydrogens is 468 g/mol. The molecule has 0 aromatic carbocycles. The summed E-state index contributed by atoms with van der Waals surface area (Å²) in [7, 11) is 0. The lowest BCUT2D eigenvalue weighted by molar-refractivity contribution is -0.133. The van der Waals surface area contributed by atoms with Crippen LogP contribution in [0.25, 0.3) is 0 Å². The summed E-state index contributed by atoms with van der Waals surface area (Å²) in [5.74, 6) is 1.23. The van der Waals surface area contributed by atoms with Gasteiger partial charge < -0.3 is 15.2 Å². The van der Waals surface area contributed by atoms with Crippen LogP contribution in [0.4, 0.5) is 5.13 Å². The van der Waals surface area contributed by atoms with Crippen LogP contribution in [0, 0.1) is 17.8 Å². The number of carboxylic acid groups (broad SMARTS) is 1. The first-order valence-corrected chi connectivity index (χ1v) is 14.6. The van der Waals surface area contributed by atoms with Crippen molar-refractivity contribution in [2.75, 3.05) is 17.7 Å². The number of carboxylic acids is 1. The van der Waals surface area contributed by atoms with Crippen molar-refractivity contribution in [1.82, 2.24) is 4.98 Å². The molecule has 1 heterocycles. The van der Waals surface area contributed by atoms with E-state index in [1.54, 1.807) is 6.20 Å². The van der Waals surface area contributed by atoms with Crippen molar-refractivity contribution in [2.45, 2.75) is 94.3 Å². The first kappa shape index (κ1) is 27.2. The summed E-state index contributed by atoms with van der Waals surface area (Å²) in [6, 6.07) is 0. The van der Waals surface area contributed by atoms with Crippen molar-refractivity contribution in [1.29, 1.82) is 0 Å². The number of ether oxygens (including phenoxy) is 1. The van der Waals surface area contributed by atoms with Crippen LogP contribution in [0.15, 0.2) is 22.6 Å². The quantitative estimate of drug-likeness (QED) is 0.226. The lowest BCUT2D eigenvalue weighted by atomic mass is 9.71. The maximum absolute atomic E-state index is 12.7. The number of carbonyl (C=O) groups excluding carboxylic acids is 1. The molecule has 3 rings (SSSR count). The minimum Gasteiger partial charge on any atom is -0.481 e. The highest BCUT2D eigenvalue weighted by Gasteiger charge is 2.30. The molecule has 0 spiro atoms. The summed E-state index contributed by atoms with van der Waals surface area (Å²) in [5.41, 5.74) is 1.08. The molecule has 1 unspecified atom stereocenters. The van der Waals surface area contributed by atoms with Crippen LogP contribution in [0.1, 0.15) is 84.0 Å². The maximum atomic E-state index is 12.7. The van der Waals surface area contributed by atoms with Gasteiger partial charge in [-0.15, -0.1) is 11.8 Å². The monoisotopic (exact) mass is 508 g/mol. The fraction of sp³-hybridized carbons (Fsp3) is 0.731.